The van der Waals surface area contributed by atoms with Gasteiger partial charge in [-0.3, -0.25) is 14.0 Å². The molecule has 25 heavy (non-hydrogen) atoms. The van der Waals surface area contributed by atoms with Crippen molar-refractivity contribution in [2.75, 3.05) is 21.2 Å². The maximum absolute atomic E-state index is 12.3. The van der Waals surface area contributed by atoms with Crippen LogP contribution in [-0.4, -0.2) is 47.7 Å². The second-order valence-electron chi connectivity index (χ2n) is 5.98. The molecule has 0 N–H and O–H groups in total. The highest BCUT2D eigenvalue weighted by Gasteiger charge is 2.23. The lowest BCUT2D eigenvalue weighted by Gasteiger charge is -2.09. The summed E-state index contributed by atoms with van der Waals surface area (Å²) in [6, 6.07) is 5.69. The topological polar surface area (TPSA) is 63.9 Å². The van der Waals surface area contributed by atoms with Crippen LogP contribution in [0.3, 0.4) is 0 Å². The van der Waals surface area contributed by atoms with E-state index in [0.29, 0.717) is 21.2 Å². The molecule has 3 rings (SSSR count). The van der Waals surface area contributed by atoms with Crippen LogP contribution in [0.15, 0.2) is 18.2 Å². The maximum atomic E-state index is 12.3. The molecule has 0 radical (unpaired) electrons. The van der Waals surface area contributed by atoms with Crippen LogP contribution in [0.5, 0.6) is 5.75 Å². The number of hydrogen-bond acceptors (Lipinski definition) is 5. The highest BCUT2D eigenvalue weighted by molar-refractivity contribution is 7.19. The number of nitrogens with zero attached hydrogens (tertiary/aromatic N) is 3. The normalized spacial score (nSPS) is 10.9. The molecule has 2 aromatic heterocycles. The highest BCUT2D eigenvalue weighted by atomic mass is 32.1. The Morgan fingerprint density at radius 3 is 2.60 bits per heavy atom. The van der Waals surface area contributed by atoms with E-state index in [2.05, 4.69) is 4.98 Å². The summed E-state index contributed by atoms with van der Waals surface area (Å²) in [5.74, 6) is 0.694. The van der Waals surface area contributed by atoms with Crippen LogP contribution in [0.25, 0.3) is 16.2 Å². The van der Waals surface area contributed by atoms with E-state index >= 15 is 0 Å². The minimum absolute atomic E-state index is 0.0910. The van der Waals surface area contributed by atoms with Crippen molar-refractivity contribution in [3.63, 3.8) is 0 Å². The molecule has 6 nitrogen and oxygen atoms in total. The van der Waals surface area contributed by atoms with Gasteiger partial charge in [0.05, 0.1) is 7.11 Å². The van der Waals surface area contributed by atoms with E-state index in [9.17, 15) is 9.59 Å². The van der Waals surface area contributed by atoms with Gasteiger partial charge in [0, 0.05) is 25.4 Å². The average Bonchev–Trinajstić information content (AvgIpc) is 3.10. The molecule has 130 valence electrons. The van der Waals surface area contributed by atoms with E-state index in [0.717, 1.165) is 28.9 Å². The summed E-state index contributed by atoms with van der Waals surface area (Å²) in [6.07, 6.45) is 0.790. The van der Waals surface area contributed by atoms with Crippen molar-refractivity contribution in [1.82, 2.24) is 14.3 Å². The van der Waals surface area contributed by atoms with Crippen molar-refractivity contribution in [2.24, 2.45) is 0 Å². The zero-order valence-corrected chi connectivity index (χ0v) is 15.6. The molecule has 0 bridgehead atoms. The number of carbonyl (C=O) groups is 2. The number of aromatic nitrogens is 2. The number of aldehydes is 1. The Hall–Kier alpha value is -2.67. The zero-order chi connectivity index (χ0) is 18.3. The van der Waals surface area contributed by atoms with Crippen LogP contribution in [0.4, 0.5) is 0 Å². The van der Waals surface area contributed by atoms with E-state index in [1.54, 1.807) is 25.6 Å². The summed E-state index contributed by atoms with van der Waals surface area (Å²) in [5, 5.41) is 0. The lowest BCUT2D eigenvalue weighted by Crippen LogP contribution is -2.21. The first-order valence-electron chi connectivity index (χ1n) is 7.72. The number of thiazole rings is 1. The first-order chi connectivity index (χ1) is 11.9. The van der Waals surface area contributed by atoms with E-state index in [4.69, 9.17) is 4.74 Å². The van der Waals surface area contributed by atoms with E-state index in [1.807, 2.05) is 32.0 Å². The SMILES string of the molecule is COc1ccc(-c2nc3sc(C(=O)N(C)C)c(C)n3c2C=O)cc1C. The Bertz CT molecular complexity index is 985. The molecule has 0 fully saturated rings. The number of benzene rings is 1. The van der Waals surface area contributed by atoms with Gasteiger partial charge in [0.2, 0.25) is 0 Å². The number of rotatable bonds is 4. The molecule has 0 aliphatic carbocycles. The number of ether oxygens (including phenoxy) is 1. The minimum atomic E-state index is -0.0910. The Morgan fingerprint density at radius 1 is 1.32 bits per heavy atom. The van der Waals surface area contributed by atoms with Gasteiger partial charge >= 0.3 is 0 Å². The Morgan fingerprint density at radius 2 is 2.04 bits per heavy atom. The quantitative estimate of drug-likeness (QED) is 0.673. The molecule has 0 atom stereocenters. The van der Waals surface area contributed by atoms with Gasteiger partial charge < -0.3 is 9.64 Å². The number of fused-ring (bicyclic) bond motifs is 1. The van der Waals surface area contributed by atoms with Gasteiger partial charge in [-0.1, -0.05) is 11.3 Å². The molecular formula is C18H19N3O3S. The van der Waals surface area contributed by atoms with Crippen molar-refractivity contribution in [2.45, 2.75) is 13.8 Å². The first-order valence-corrected chi connectivity index (χ1v) is 8.54. The van der Waals surface area contributed by atoms with Gasteiger partial charge in [-0.25, -0.2) is 4.98 Å². The van der Waals surface area contributed by atoms with E-state index in [1.165, 1.54) is 16.2 Å². The minimum Gasteiger partial charge on any atom is -0.496 e. The fourth-order valence-corrected chi connectivity index (χ4v) is 3.97. The lowest BCUT2D eigenvalue weighted by molar-refractivity contribution is 0.0831. The summed E-state index contributed by atoms with van der Waals surface area (Å²) in [5.41, 5.74) is 3.60. The number of carbonyl (C=O) groups excluding carboxylic acids is 2. The fraction of sp³-hybridized carbons (Fsp3) is 0.278. The van der Waals surface area contributed by atoms with Gasteiger partial charge in [0.25, 0.3) is 5.91 Å². The summed E-state index contributed by atoms with van der Waals surface area (Å²) in [7, 11) is 5.03. The zero-order valence-electron chi connectivity index (χ0n) is 14.8. The maximum Gasteiger partial charge on any atom is 0.265 e. The predicted molar refractivity (Wildman–Crippen MR) is 97.9 cm³/mol. The molecule has 7 heteroatoms. The van der Waals surface area contributed by atoms with Gasteiger partial charge in [0.15, 0.2) is 11.2 Å². The monoisotopic (exact) mass is 357 g/mol. The van der Waals surface area contributed by atoms with Crippen LogP contribution in [-0.2, 0) is 0 Å². The molecule has 1 aromatic carbocycles. The van der Waals surface area contributed by atoms with Crippen molar-refractivity contribution < 1.29 is 14.3 Å². The third-order valence-electron chi connectivity index (χ3n) is 4.12. The predicted octanol–water partition coefficient (Wildman–Crippen LogP) is 3.20. The second kappa shape index (κ2) is 6.33. The highest BCUT2D eigenvalue weighted by Crippen LogP contribution is 2.32. The fourth-order valence-electron chi connectivity index (χ4n) is 2.82. The Balaban J connectivity index is 2.20. The molecule has 0 aliphatic heterocycles. The third-order valence-corrected chi connectivity index (χ3v) is 5.25. The molecule has 0 spiro atoms. The number of amides is 1. The molecule has 0 saturated carbocycles. The van der Waals surface area contributed by atoms with Gasteiger partial charge in [-0.2, -0.15) is 0 Å². The van der Waals surface area contributed by atoms with Gasteiger partial charge in [0.1, 0.15) is 22.0 Å². The van der Waals surface area contributed by atoms with Gasteiger partial charge in [-0.15, -0.1) is 0 Å². The summed E-state index contributed by atoms with van der Waals surface area (Å²) >= 11 is 1.29. The molecule has 2 heterocycles. The summed E-state index contributed by atoms with van der Waals surface area (Å²) in [6.45, 7) is 3.78. The first kappa shape index (κ1) is 17.2. The third kappa shape index (κ3) is 2.70. The molecule has 0 saturated heterocycles. The summed E-state index contributed by atoms with van der Waals surface area (Å²) < 4.78 is 7.04. The number of aryl methyl sites for hydroxylation is 2. The smallest absolute Gasteiger partial charge is 0.265 e. The average molecular weight is 357 g/mol. The Labute approximate surface area is 149 Å². The van der Waals surface area contributed by atoms with Crippen LogP contribution in [0.2, 0.25) is 0 Å². The lowest BCUT2D eigenvalue weighted by atomic mass is 10.1. The number of hydrogen-bond donors (Lipinski definition) is 0. The van der Waals surface area contributed by atoms with Crippen LogP contribution in [0, 0.1) is 13.8 Å². The van der Waals surface area contributed by atoms with Crippen molar-refractivity contribution in [1.29, 1.82) is 0 Å². The van der Waals surface area contributed by atoms with Crippen LogP contribution < -0.4 is 4.74 Å². The largest absolute Gasteiger partial charge is 0.496 e. The molecule has 1 amide bonds. The second-order valence-corrected chi connectivity index (χ2v) is 6.96. The number of methoxy groups -OCH3 is 1. The van der Waals surface area contributed by atoms with Crippen molar-refractivity contribution in [3.05, 3.63) is 40.0 Å². The van der Waals surface area contributed by atoms with Crippen molar-refractivity contribution >= 4 is 28.5 Å². The standard InChI is InChI=1S/C18H19N3O3S/c1-10-8-12(6-7-14(10)24-5)15-13(9-22)21-11(2)16(17(23)20(3)4)25-18(21)19-15/h6-9H,1-5H3. The van der Waals surface area contributed by atoms with E-state index < -0.39 is 0 Å². The van der Waals surface area contributed by atoms with Crippen LogP contribution >= 0.6 is 11.3 Å². The molecular weight excluding hydrogens is 338 g/mol. The van der Waals surface area contributed by atoms with Crippen molar-refractivity contribution in [3.8, 4) is 17.0 Å². The molecule has 3 aromatic rings. The molecule has 0 aliphatic rings. The van der Waals surface area contributed by atoms with Gasteiger partial charge in [-0.05, 0) is 37.6 Å². The Kier molecular flexibility index (Phi) is 4.34. The summed E-state index contributed by atoms with van der Waals surface area (Å²) in [4.78, 5) is 31.4. The van der Waals surface area contributed by atoms with E-state index in [-0.39, 0.29) is 5.91 Å². The van der Waals surface area contributed by atoms with Crippen LogP contribution in [0.1, 0.15) is 31.4 Å². The molecule has 0 unspecified atom stereocenters. The number of imidazole rings is 1.